The third-order valence-electron chi connectivity index (χ3n) is 4.93. The molecule has 2 aromatic rings. The van der Waals surface area contributed by atoms with E-state index in [0.29, 0.717) is 18.8 Å². The van der Waals surface area contributed by atoms with Gasteiger partial charge in [0, 0.05) is 13.1 Å². The Labute approximate surface area is 146 Å². The molecule has 0 saturated carbocycles. The first-order chi connectivity index (χ1) is 12.3. The fraction of sp³-hybridized carbons (Fsp3) is 0.500. The minimum Gasteiger partial charge on any atom is -0.497 e. The second kappa shape index (κ2) is 6.84. The monoisotopic (exact) mass is 342 g/mol. The number of hydrogen-bond donors (Lipinski definition) is 0. The second-order valence-corrected chi connectivity index (χ2v) is 6.49. The van der Waals surface area contributed by atoms with Crippen molar-refractivity contribution in [2.45, 2.75) is 38.5 Å². The van der Waals surface area contributed by atoms with Gasteiger partial charge in [-0.1, -0.05) is 17.3 Å². The normalized spacial score (nSPS) is 20.2. The van der Waals surface area contributed by atoms with E-state index >= 15 is 0 Å². The minimum atomic E-state index is -0.0990. The average Bonchev–Trinajstić information content (AvgIpc) is 3.11. The molecule has 7 nitrogen and oxygen atoms in total. The van der Waals surface area contributed by atoms with Crippen LogP contribution in [0.25, 0.3) is 0 Å². The van der Waals surface area contributed by atoms with E-state index in [4.69, 9.17) is 9.47 Å². The molecule has 1 unspecified atom stereocenters. The summed E-state index contributed by atoms with van der Waals surface area (Å²) in [5.74, 6) is 0.794. The number of amides is 1. The van der Waals surface area contributed by atoms with Crippen LogP contribution in [0.4, 0.5) is 0 Å². The quantitative estimate of drug-likeness (QED) is 0.855. The number of carbonyl (C=O) groups excluding carboxylic acids is 1. The number of aromatic nitrogens is 3. The summed E-state index contributed by atoms with van der Waals surface area (Å²) in [5.41, 5.74) is 2.28. The van der Waals surface area contributed by atoms with Crippen LogP contribution >= 0.6 is 0 Å². The zero-order valence-corrected chi connectivity index (χ0v) is 14.4. The molecule has 4 rings (SSSR count). The van der Waals surface area contributed by atoms with E-state index in [1.165, 1.54) is 6.42 Å². The highest BCUT2D eigenvalue weighted by Gasteiger charge is 2.30. The van der Waals surface area contributed by atoms with Gasteiger partial charge in [-0.3, -0.25) is 4.79 Å². The number of fused-ring (bicyclic) bond motifs is 1. The van der Waals surface area contributed by atoms with Crippen LogP contribution < -0.4 is 4.74 Å². The van der Waals surface area contributed by atoms with E-state index in [2.05, 4.69) is 10.3 Å². The van der Waals surface area contributed by atoms with Crippen LogP contribution in [0.5, 0.6) is 5.75 Å². The predicted molar refractivity (Wildman–Crippen MR) is 90.3 cm³/mol. The smallest absolute Gasteiger partial charge is 0.276 e. The van der Waals surface area contributed by atoms with Gasteiger partial charge in [0.2, 0.25) is 0 Å². The molecule has 0 N–H and O–H groups in total. The Morgan fingerprint density at radius 3 is 2.68 bits per heavy atom. The van der Waals surface area contributed by atoms with Crippen molar-refractivity contribution in [1.29, 1.82) is 0 Å². The van der Waals surface area contributed by atoms with E-state index in [1.54, 1.807) is 11.8 Å². The molecular weight excluding hydrogens is 320 g/mol. The van der Waals surface area contributed by atoms with Crippen LogP contribution in [-0.2, 0) is 17.9 Å². The number of rotatable bonds is 3. The standard InChI is InChI=1S/C18H22N4O3/c1-24-14-7-5-13(6-8-14)16-11-22-15(12-25-16)17(19-20-22)18(23)21-9-3-2-4-10-21/h5-8,16H,2-4,9-12H2,1H3. The maximum Gasteiger partial charge on any atom is 0.276 e. The van der Waals surface area contributed by atoms with Gasteiger partial charge in [0.05, 0.1) is 26.0 Å². The number of likely N-dealkylation sites (tertiary alicyclic amines) is 1. The first-order valence-corrected chi connectivity index (χ1v) is 8.73. The van der Waals surface area contributed by atoms with E-state index in [0.717, 1.165) is 42.9 Å². The summed E-state index contributed by atoms with van der Waals surface area (Å²) in [6, 6.07) is 7.82. The number of methoxy groups -OCH3 is 1. The van der Waals surface area contributed by atoms with E-state index in [1.807, 2.05) is 29.2 Å². The molecule has 0 radical (unpaired) electrons. The third kappa shape index (κ3) is 3.11. The first-order valence-electron chi connectivity index (χ1n) is 8.73. The Morgan fingerprint density at radius 2 is 1.96 bits per heavy atom. The van der Waals surface area contributed by atoms with Crippen LogP contribution in [0.2, 0.25) is 0 Å². The van der Waals surface area contributed by atoms with Crippen molar-refractivity contribution in [3.63, 3.8) is 0 Å². The molecule has 3 heterocycles. The third-order valence-corrected chi connectivity index (χ3v) is 4.93. The molecule has 25 heavy (non-hydrogen) atoms. The van der Waals surface area contributed by atoms with Crippen molar-refractivity contribution in [3.8, 4) is 5.75 Å². The molecule has 2 aliphatic rings. The van der Waals surface area contributed by atoms with Crippen molar-refractivity contribution in [1.82, 2.24) is 19.9 Å². The summed E-state index contributed by atoms with van der Waals surface area (Å²) >= 11 is 0. The summed E-state index contributed by atoms with van der Waals surface area (Å²) in [5, 5.41) is 8.35. The Hall–Kier alpha value is -2.41. The van der Waals surface area contributed by atoms with E-state index < -0.39 is 0 Å². The van der Waals surface area contributed by atoms with Crippen molar-refractivity contribution in [3.05, 3.63) is 41.2 Å². The largest absolute Gasteiger partial charge is 0.497 e. The van der Waals surface area contributed by atoms with Gasteiger partial charge in [-0.25, -0.2) is 4.68 Å². The van der Waals surface area contributed by atoms with Crippen LogP contribution in [0.15, 0.2) is 24.3 Å². The molecule has 0 spiro atoms. The van der Waals surface area contributed by atoms with Gasteiger partial charge in [0.25, 0.3) is 5.91 Å². The zero-order chi connectivity index (χ0) is 17.2. The summed E-state index contributed by atoms with van der Waals surface area (Å²) in [6.07, 6.45) is 3.21. The Bertz CT molecular complexity index is 750. The molecule has 1 saturated heterocycles. The Kier molecular flexibility index (Phi) is 4.40. The van der Waals surface area contributed by atoms with Crippen LogP contribution in [0, 0.1) is 0 Å². The summed E-state index contributed by atoms with van der Waals surface area (Å²) in [4.78, 5) is 14.6. The predicted octanol–water partition coefficient (Wildman–Crippen LogP) is 2.18. The van der Waals surface area contributed by atoms with Crippen molar-refractivity contribution >= 4 is 5.91 Å². The lowest BCUT2D eigenvalue weighted by molar-refractivity contribution is -0.00200. The molecule has 1 aromatic heterocycles. The van der Waals surface area contributed by atoms with E-state index in [-0.39, 0.29) is 12.0 Å². The topological polar surface area (TPSA) is 69.5 Å². The highest BCUT2D eigenvalue weighted by atomic mass is 16.5. The van der Waals surface area contributed by atoms with Gasteiger partial charge >= 0.3 is 0 Å². The second-order valence-electron chi connectivity index (χ2n) is 6.49. The van der Waals surface area contributed by atoms with Crippen LogP contribution in [0.3, 0.4) is 0 Å². The molecule has 1 fully saturated rings. The molecule has 1 amide bonds. The van der Waals surface area contributed by atoms with Gasteiger partial charge in [0.15, 0.2) is 5.69 Å². The molecule has 1 atom stereocenters. The number of carbonyl (C=O) groups is 1. The highest BCUT2D eigenvalue weighted by molar-refractivity contribution is 5.93. The van der Waals surface area contributed by atoms with Crippen molar-refractivity contribution in [2.24, 2.45) is 0 Å². The average molecular weight is 342 g/mol. The van der Waals surface area contributed by atoms with Gasteiger partial charge in [-0.15, -0.1) is 5.10 Å². The summed E-state index contributed by atoms with van der Waals surface area (Å²) in [7, 11) is 1.65. The van der Waals surface area contributed by atoms with Gasteiger partial charge in [-0.05, 0) is 37.0 Å². The van der Waals surface area contributed by atoms with Crippen molar-refractivity contribution < 1.29 is 14.3 Å². The lowest BCUT2D eigenvalue weighted by Gasteiger charge is -2.27. The van der Waals surface area contributed by atoms with E-state index in [9.17, 15) is 4.79 Å². The molecule has 0 aliphatic carbocycles. The van der Waals surface area contributed by atoms with Crippen LogP contribution in [0.1, 0.15) is 47.1 Å². The van der Waals surface area contributed by atoms with Gasteiger partial charge < -0.3 is 14.4 Å². The number of nitrogens with zero attached hydrogens (tertiary/aromatic N) is 4. The maximum atomic E-state index is 12.7. The first kappa shape index (κ1) is 16.1. The molecule has 2 aliphatic heterocycles. The number of ether oxygens (including phenoxy) is 2. The van der Waals surface area contributed by atoms with Gasteiger partial charge in [-0.2, -0.15) is 0 Å². The summed E-state index contributed by atoms with van der Waals surface area (Å²) < 4.78 is 13.0. The molecule has 1 aromatic carbocycles. The summed E-state index contributed by atoms with van der Waals surface area (Å²) in [6.45, 7) is 2.52. The molecular formula is C18H22N4O3. The number of piperidine rings is 1. The molecule has 132 valence electrons. The molecule has 0 bridgehead atoms. The van der Waals surface area contributed by atoms with Crippen molar-refractivity contribution in [2.75, 3.05) is 20.2 Å². The lowest BCUT2D eigenvalue weighted by Crippen LogP contribution is -2.36. The molecule has 7 heteroatoms. The Balaban J connectivity index is 1.50. The highest BCUT2D eigenvalue weighted by Crippen LogP contribution is 2.28. The zero-order valence-electron chi connectivity index (χ0n) is 14.4. The van der Waals surface area contributed by atoms with Crippen LogP contribution in [-0.4, -0.2) is 46.0 Å². The van der Waals surface area contributed by atoms with Gasteiger partial charge in [0.1, 0.15) is 11.9 Å². The lowest BCUT2D eigenvalue weighted by atomic mass is 10.1. The number of hydrogen-bond acceptors (Lipinski definition) is 5. The minimum absolute atomic E-state index is 0.0209. The maximum absolute atomic E-state index is 12.7. The SMILES string of the molecule is COc1ccc(C2Cn3nnc(C(=O)N4CCCCC4)c3CO2)cc1. The fourth-order valence-electron chi connectivity index (χ4n) is 3.44. The fourth-order valence-corrected chi connectivity index (χ4v) is 3.44. The number of benzene rings is 1. The Morgan fingerprint density at radius 1 is 1.20 bits per heavy atom.